The van der Waals surface area contributed by atoms with Crippen LogP contribution in [-0.2, 0) is 38.1 Å². The molecule has 5 atom stereocenters. The monoisotopic (exact) mass is 601 g/mol. The molecule has 2 aromatic rings. The third-order valence-corrected chi connectivity index (χ3v) is 6.49. The number of aromatic nitrogens is 1. The van der Waals surface area contributed by atoms with Crippen LogP contribution >= 0.6 is 27.5 Å². The van der Waals surface area contributed by atoms with Crippen molar-refractivity contribution in [1.29, 1.82) is 0 Å². The molecule has 0 amide bonds. The van der Waals surface area contributed by atoms with Crippen molar-refractivity contribution in [2.45, 2.75) is 58.4 Å². The SMILES string of the molecule is C=CCOC(=O)c1[nH]c2ccc(Br)c(Cl)c2c1O[C@H]1O[C@@H](C)[C@@H](OC(C)=O)[C@@H](OC(C)=O)[C@@H]1OC(C)=O. The maximum atomic E-state index is 12.8. The quantitative estimate of drug-likeness (QED) is 0.269. The van der Waals surface area contributed by atoms with Gasteiger partial charge in [-0.3, -0.25) is 14.4 Å². The van der Waals surface area contributed by atoms with Crippen molar-refractivity contribution in [3.8, 4) is 5.75 Å². The highest BCUT2D eigenvalue weighted by atomic mass is 79.9. The molecule has 200 valence electrons. The molecule has 13 heteroatoms. The lowest BCUT2D eigenvalue weighted by Gasteiger charge is -2.43. The van der Waals surface area contributed by atoms with Gasteiger partial charge in [0.2, 0.25) is 12.4 Å². The molecule has 11 nitrogen and oxygen atoms in total. The minimum absolute atomic E-state index is 0.0581. The van der Waals surface area contributed by atoms with Crippen LogP contribution in [0.5, 0.6) is 5.75 Å². The number of hydrogen-bond donors (Lipinski definition) is 1. The molecule has 1 aromatic carbocycles. The molecule has 1 fully saturated rings. The first kappa shape index (κ1) is 28.5. The van der Waals surface area contributed by atoms with Gasteiger partial charge < -0.3 is 33.4 Å². The van der Waals surface area contributed by atoms with E-state index in [1.807, 2.05) is 0 Å². The number of halogens is 2. The highest BCUT2D eigenvalue weighted by molar-refractivity contribution is 9.10. The first-order valence-corrected chi connectivity index (χ1v) is 12.2. The van der Waals surface area contributed by atoms with E-state index in [2.05, 4.69) is 27.5 Å². The van der Waals surface area contributed by atoms with Crippen LogP contribution in [0, 0.1) is 0 Å². The van der Waals surface area contributed by atoms with Gasteiger partial charge in [0.1, 0.15) is 6.61 Å². The van der Waals surface area contributed by atoms with Gasteiger partial charge in [0, 0.05) is 25.2 Å². The molecule has 1 saturated heterocycles. The average molecular weight is 603 g/mol. The summed E-state index contributed by atoms with van der Waals surface area (Å²) in [6.45, 7) is 8.47. The number of hydrogen-bond acceptors (Lipinski definition) is 10. The largest absolute Gasteiger partial charge is 0.457 e. The lowest BCUT2D eigenvalue weighted by Crippen LogP contribution is -2.62. The molecule has 3 rings (SSSR count). The van der Waals surface area contributed by atoms with Crippen molar-refractivity contribution in [1.82, 2.24) is 4.98 Å². The van der Waals surface area contributed by atoms with Gasteiger partial charge in [-0.15, -0.1) is 0 Å². The van der Waals surface area contributed by atoms with E-state index in [0.29, 0.717) is 15.4 Å². The molecule has 0 bridgehead atoms. The van der Waals surface area contributed by atoms with Crippen molar-refractivity contribution >= 4 is 62.3 Å². The number of carbonyl (C=O) groups is 4. The molecule has 37 heavy (non-hydrogen) atoms. The maximum absolute atomic E-state index is 12.8. The molecule has 2 heterocycles. The van der Waals surface area contributed by atoms with Gasteiger partial charge in [-0.1, -0.05) is 24.3 Å². The van der Waals surface area contributed by atoms with E-state index in [0.717, 1.165) is 13.8 Å². The summed E-state index contributed by atoms with van der Waals surface area (Å²) in [7, 11) is 0. The third-order valence-electron chi connectivity index (χ3n) is 5.21. The first-order chi connectivity index (χ1) is 17.4. The summed E-state index contributed by atoms with van der Waals surface area (Å²) in [4.78, 5) is 51.4. The number of rotatable bonds is 8. The summed E-state index contributed by atoms with van der Waals surface area (Å²) in [5.41, 5.74) is 0.344. The van der Waals surface area contributed by atoms with Crippen LogP contribution in [0.4, 0.5) is 0 Å². The van der Waals surface area contributed by atoms with Crippen molar-refractivity contribution in [2.24, 2.45) is 0 Å². The number of H-pyrrole nitrogens is 1. The van der Waals surface area contributed by atoms with Gasteiger partial charge in [0.05, 0.1) is 22.0 Å². The molecule has 0 spiro atoms. The Labute approximate surface area is 225 Å². The Balaban J connectivity index is 2.13. The topological polar surface area (TPSA) is 139 Å². The molecule has 0 saturated carbocycles. The molecular formula is C24H25BrClNO10. The smallest absolute Gasteiger partial charge is 0.358 e. The molecule has 0 radical (unpaired) electrons. The molecule has 1 aliphatic rings. The highest BCUT2D eigenvalue weighted by Gasteiger charge is 2.52. The second kappa shape index (κ2) is 12.0. The predicted octanol–water partition coefficient (Wildman–Crippen LogP) is 3.85. The Bertz CT molecular complexity index is 1230. The summed E-state index contributed by atoms with van der Waals surface area (Å²) in [5, 5.41) is 0.527. The van der Waals surface area contributed by atoms with Crippen LogP contribution in [0.3, 0.4) is 0 Å². The second-order valence-electron chi connectivity index (χ2n) is 8.05. The Morgan fingerprint density at radius 3 is 2.24 bits per heavy atom. The lowest BCUT2D eigenvalue weighted by atomic mass is 9.98. The van der Waals surface area contributed by atoms with E-state index in [9.17, 15) is 19.2 Å². The van der Waals surface area contributed by atoms with Crippen LogP contribution in [0.15, 0.2) is 29.3 Å². The van der Waals surface area contributed by atoms with E-state index in [-0.39, 0.29) is 23.1 Å². The Morgan fingerprint density at radius 2 is 1.65 bits per heavy atom. The van der Waals surface area contributed by atoms with E-state index >= 15 is 0 Å². The lowest BCUT2D eigenvalue weighted by molar-refractivity contribution is -0.280. The number of esters is 4. The number of nitrogens with one attached hydrogen (secondary N) is 1. The third kappa shape index (κ3) is 6.43. The zero-order valence-electron chi connectivity index (χ0n) is 20.4. The fraction of sp³-hybridized carbons (Fsp3) is 0.417. The predicted molar refractivity (Wildman–Crippen MR) is 133 cm³/mol. The number of benzene rings is 1. The van der Waals surface area contributed by atoms with Crippen LogP contribution in [0.2, 0.25) is 5.02 Å². The molecule has 1 aromatic heterocycles. The van der Waals surface area contributed by atoms with E-state index in [1.54, 1.807) is 19.1 Å². The fourth-order valence-corrected chi connectivity index (χ4v) is 4.42. The highest BCUT2D eigenvalue weighted by Crippen LogP contribution is 2.41. The van der Waals surface area contributed by atoms with Gasteiger partial charge in [-0.2, -0.15) is 0 Å². The van der Waals surface area contributed by atoms with Crippen LogP contribution in [0.1, 0.15) is 38.2 Å². The second-order valence-corrected chi connectivity index (χ2v) is 9.28. The Hall–Kier alpha value is -3.09. The van der Waals surface area contributed by atoms with Gasteiger partial charge >= 0.3 is 23.9 Å². The van der Waals surface area contributed by atoms with Crippen molar-refractivity contribution in [2.75, 3.05) is 6.61 Å². The van der Waals surface area contributed by atoms with E-state index in [4.69, 9.17) is 40.0 Å². The summed E-state index contributed by atoms with van der Waals surface area (Å²) in [6, 6.07) is 3.33. The number of fused-ring (bicyclic) bond motifs is 1. The minimum Gasteiger partial charge on any atom is -0.457 e. The Kier molecular flexibility index (Phi) is 9.21. The van der Waals surface area contributed by atoms with Crippen LogP contribution < -0.4 is 4.74 Å². The van der Waals surface area contributed by atoms with Crippen LogP contribution in [0.25, 0.3) is 10.9 Å². The first-order valence-electron chi connectivity index (χ1n) is 11.1. The zero-order chi connectivity index (χ0) is 27.4. The average Bonchev–Trinajstić information content (AvgIpc) is 3.17. The molecule has 1 N–H and O–H groups in total. The minimum atomic E-state index is -1.42. The van der Waals surface area contributed by atoms with Gasteiger partial charge in [0.25, 0.3) is 0 Å². The summed E-state index contributed by atoms with van der Waals surface area (Å²) < 4.78 is 33.9. The summed E-state index contributed by atoms with van der Waals surface area (Å²) in [5.74, 6) is -2.97. The standard InChI is InChI=1S/C24H25BrClNO10/c1-6-9-32-23(31)18-20(16-15(27-18)8-7-14(25)17(16)26)37-24-22(36-13(5)30)21(35-12(4)29)19(10(2)33-24)34-11(3)28/h6-8,10,19,21-22,24,27H,1,9H2,2-5H3/t10-,19+,21+,22-,24+/m0/s1. The fourth-order valence-electron chi connectivity index (χ4n) is 3.84. The van der Waals surface area contributed by atoms with E-state index in [1.165, 1.54) is 13.0 Å². The number of aromatic amines is 1. The van der Waals surface area contributed by atoms with Gasteiger partial charge in [0.15, 0.2) is 23.7 Å². The number of carbonyl (C=O) groups excluding carboxylic acids is 4. The zero-order valence-corrected chi connectivity index (χ0v) is 22.7. The molecule has 0 aliphatic carbocycles. The maximum Gasteiger partial charge on any atom is 0.358 e. The molecule has 1 aliphatic heterocycles. The number of ether oxygens (including phenoxy) is 6. The summed E-state index contributed by atoms with van der Waals surface area (Å²) >= 11 is 9.88. The van der Waals surface area contributed by atoms with Gasteiger partial charge in [-0.25, -0.2) is 4.79 Å². The van der Waals surface area contributed by atoms with Gasteiger partial charge in [-0.05, 0) is 35.0 Å². The summed E-state index contributed by atoms with van der Waals surface area (Å²) in [6.07, 6.45) is -4.71. The molecular weight excluding hydrogens is 578 g/mol. The normalized spacial score (nSPS) is 23.1. The van der Waals surface area contributed by atoms with E-state index < -0.39 is 54.6 Å². The van der Waals surface area contributed by atoms with Crippen LogP contribution in [-0.4, -0.2) is 66.2 Å². The van der Waals surface area contributed by atoms with Crippen molar-refractivity contribution in [3.63, 3.8) is 0 Å². The Morgan fingerprint density at radius 1 is 1.05 bits per heavy atom. The van der Waals surface area contributed by atoms with Crippen molar-refractivity contribution in [3.05, 3.63) is 40.0 Å². The molecule has 0 unspecified atom stereocenters. The van der Waals surface area contributed by atoms with Crippen molar-refractivity contribution < 1.29 is 47.6 Å².